The average molecular weight is 574 g/mol. The molecule has 0 aliphatic heterocycles. The van der Waals surface area contributed by atoms with E-state index in [1.54, 1.807) is 24.3 Å². The molecule has 3 rings (SSSR count). The molecule has 36 heavy (non-hydrogen) atoms. The molecule has 0 spiro atoms. The highest BCUT2D eigenvalue weighted by Crippen LogP contribution is 2.36. The number of para-hydroxylation sites is 1. The fraction of sp³-hybridized carbons (Fsp3) is 0.231. The van der Waals surface area contributed by atoms with Gasteiger partial charge in [-0.2, -0.15) is 5.10 Å². The zero-order valence-corrected chi connectivity index (χ0v) is 22.7. The molecule has 0 saturated heterocycles. The molecule has 0 aromatic heterocycles. The van der Waals surface area contributed by atoms with Crippen LogP contribution >= 0.6 is 15.9 Å². The van der Waals surface area contributed by atoms with E-state index in [1.807, 2.05) is 49.4 Å². The largest absolute Gasteiger partial charge is 0.493 e. The number of carbonyl (C=O) groups is 1. The zero-order chi connectivity index (χ0) is 26.1. The highest BCUT2D eigenvalue weighted by Gasteiger charge is 2.22. The van der Waals surface area contributed by atoms with Crippen molar-refractivity contribution in [1.29, 1.82) is 0 Å². The Morgan fingerprint density at radius 2 is 1.81 bits per heavy atom. The van der Waals surface area contributed by atoms with E-state index in [4.69, 9.17) is 9.47 Å². The molecule has 3 aromatic rings. The number of amides is 1. The maximum Gasteiger partial charge on any atom is 0.260 e. The number of halogens is 1. The van der Waals surface area contributed by atoms with Gasteiger partial charge in [-0.3, -0.25) is 9.10 Å². The second-order valence-electron chi connectivity index (χ2n) is 7.85. The van der Waals surface area contributed by atoms with Crippen LogP contribution in [0.2, 0.25) is 0 Å². The van der Waals surface area contributed by atoms with E-state index in [2.05, 4.69) is 26.5 Å². The number of ether oxygens (including phenoxy) is 2. The molecule has 0 radical (unpaired) electrons. The fourth-order valence-corrected chi connectivity index (χ4v) is 4.92. The van der Waals surface area contributed by atoms with Crippen LogP contribution < -0.4 is 19.2 Å². The molecule has 0 aliphatic rings. The van der Waals surface area contributed by atoms with Gasteiger partial charge in [0.1, 0.15) is 13.2 Å². The number of anilines is 1. The van der Waals surface area contributed by atoms with Gasteiger partial charge in [-0.25, -0.2) is 13.8 Å². The van der Waals surface area contributed by atoms with E-state index in [9.17, 15) is 13.2 Å². The highest BCUT2D eigenvalue weighted by molar-refractivity contribution is 9.10. The lowest BCUT2D eigenvalue weighted by Gasteiger charge is -2.23. The summed E-state index contributed by atoms with van der Waals surface area (Å²) in [5.74, 6) is 0.463. The molecule has 0 heterocycles. The van der Waals surface area contributed by atoms with Gasteiger partial charge in [-0.1, -0.05) is 55.5 Å². The lowest BCUT2D eigenvalue weighted by Crippen LogP contribution is -2.39. The number of methoxy groups -OCH3 is 1. The van der Waals surface area contributed by atoms with Crippen LogP contribution in [-0.4, -0.2) is 40.4 Å². The van der Waals surface area contributed by atoms with Gasteiger partial charge in [0.25, 0.3) is 5.91 Å². The summed E-state index contributed by atoms with van der Waals surface area (Å²) in [5.41, 5.74) is 5.35. The summed E-state index contributed by atoms with van der Waals surface area (Å²) < 4.78 is 37.9. The number of hydrogen-bond acceptors (Lipinski definition) is 6. The number of hydrazone groups is 1. The van der Waals surface area contributed by atoms with Crippen molar-refractivity contribution in [1.82, 2.24) is 5.43 Å². The van der Waals surface area contributed by atoms with Crippen LogP contribution in [0.25, 0.3) is 0 Å². The predicted molar refractivity (Wildman–Crippen MR) is 145 cm³/mol. The molecule has 0 bridgehead atoms. The third-order valence-corrected chi connectivity index (χ3v) is 6.92. The lowest BCUT2D eigenvalue weighted by molar-refractivity contribution is -0.119. The van der Waals surface area contributed by atoms with Crippen molar-refractivity contribution >= 4 is 43.8 Å². The molecule has 3 aromatic carbocycles. The first-order valence-electron chi connectivity index (χ1n) is 11.1. The average Bonchev–Trinajstić information content (AvgIpc) is 2.86. The topological polar surface area (TPSA) is 97.3 Å². The molecular weight excluding hydrogens is 546 g/mol. The van der Waals surface area contributed by atoms with E-state index < -0.39 is 22.5 Å². The van der Waals surface area contributed by atoms with Gasteiger partial charge in [0.15, 0.2) is 11.5 Å². The van der Waals surface area contributed by atoms with Gasteiger partial charge in [0.2, 0.25) is 10.0 Å². The normalized spacial score (nSPS) is 11.3. The van der Waals surface area contributed by atoms with Crippen LogP contribution in [-0.2, 0) is 27.8 Å². The third kappa shape index (κ3) is 7.32. The number of nitrogens with zero attached hydrogens (tertiary/aromatic N) is 2. The number of nitrogens with one attached hydrogen (secondary N) is 1. The fourth-order valence-electron chi connectivity index (χ4n) is 3.46. The van der Waals surface area contributed by atoms with Gasteiger partial charge >= 0.3 is 0 Å². The van der Waals surface area contributed by atoms with Crippen LogP contribution in [0, 0.1) is 0 Å². The molecule has 0 saturated carbocycles. The van der Waals surface area contributed by atoms with E-state index >= 15 is 0 Å². The number of benzene rings is 3. The first-order valence-corrected chi connectivity index (χ1v) is 13.8. The number of rotatable bonds is 11. The van der Waals surface area contributed by atoms with Gasteiger partial charge in [-0.15, -0.1) is 0 Å². The van der Waals surface area contributed by atoms with E-state index in [1.165, 1.54) is 13.3 Å². The van der Waals surface area contributed by atoms with Crippen molar-refractivity contribution in [2.45, 2.75) is 20.0 Å². The highest BCUT2D eigenvalue weighted by atomic mass is 79.9. The van der Waals surface area contributed by atoms with Gasteiger partial charge < -0.3 is 9.47 Å². The second kappa shape index (κ2) is 12.5. The Bertz CT molecular complexity index is 1330. The number of carbonyl (C=O) groups excluding carboxylic acids is 1. The van der Waals surface area contributed by atoms with E-state index in [0.717, 1.165) is 21.7 Å². The minimum absolute atomic E-state index is 0.372. The lowest BCUT2D eigenvalue weighted by atomic mass is 10.1. The van der Waals surface area contributed by atoms with Crippen molar-refractivity contribution in [2.75, 3.05) is 24.2 Å². The number of hydrogen-bond donors (Lipinski definition) is 1. The van der Waals surface area contributed by atoms with E-state index in [-0.39, 0.29) is 0 Å². The quantitative estimate of drug-likeness (QED) is 0.269. The van der Waals surface area contributed by atoms with E-state index in [0.29, 0.717) is 40.3 Å². The zero-order valence-electron chi connectivity index (χ0n) is 20.3. The summed E-state index contributed by atoms with van der Waals surface area (Å²) in [6.45, 7) is 1.90. The summed E-state index contributed by atoms with van der Waals surface area (Å²) in [4.78, 5) is 12.5. The van der Waals surface area contributed by atoms with Crippen molar-refractivity contribution in [3.05, 3.63) is 87.9 Å². The van der Waals surface area contributed by atoms with Gasteiger partial charge in [0.05, 0.1) is 29.7 Å². The Kier molecular flexibility index (Phi) is 9.49. The summed E-state index contributed by atoms with van der Waals surface area (Å²) in [6, 6.07) is 20.3. The smallest absolute Gasteiger partial charge is 0.260 e. The van der Waals surface area contributed by atoms with Crippen molar-refractivity contribution in [3.63, 3.8) is 0 Å². The van der Waals surface area contributed by atoms with Gasteiger partial charge in [-0.05, 0) is 57.2 Å². The monoisotopic (exact) mass is 573 g/mol. The molecule has 0 aliphatic carbocycles. The third-order valence-electron chi connectivity index (χ3n) is 5.21. The van der Waals surface area contributed by atoms with Crippen LogP contribution in [0.3, 0.4) is 0 Å². The maximum atomic E-state index is 12.5. The standard InChI is InChI=1S/C26H28BrN3O5S/c1-4-21-12-8-9-13-23(21)30(36(3,32)33)17-25(31)29-28-16-20-14-22(27)26(24(15-20)34-2)35-18-19-10-6-5-7-11-19/h5-16H,4,17-18H2,1-3H3,(H,29,31)/b28-16-. The molecule has 0 atom stereocenters. The Morgan fingerprint density at radius 1 is 1.11 bits per heavy atom. The second-order valence-corrected chi connectivity index (χ2v) is 10.6. The molecule has 8 nitrogen and oxygen atoms in total. The van der Waals surface area contributed by atoms with Crippen LogP contribution in [0.4, 0.5) is 5.69 Å². The van der Waals surface area contributed by atoms with Crippen LogP contribution in [0.5, 0.6) is 11.5 Å². The van der Waals surface area contributed by atoms with Crippen LogP contribution in [0.15, 0.2) is 76.3 Å². The number of sulfonamides is 1. The van der Waals surface area contributed by atoms with Crippen molar-refractivity contribution in [3.8, 4) is 11.5 Å². The summed E-state index contributed by atoms with van der Waals surface area (Å²) >= 11 is 3.50. The number of aryl methyl sites for hydroxylation is 1. The Labute approximate surface area is 220 Å². The molecular formula is C26H28BrN3O5S. The minimum atomic E-state index is -3.68. The van der Waals surface area contributed by atoms with Crippen molar-refractivity contribution in [2.24, 2.45) is 5.10 Å². The molecule has 190 valence electrons. The van der Waals surface area contributed by atoms with Crippen LogP contribution in [0.1, 0.15) is 23.6 Å². The summed E-state index contributed by atoms with van der Waals surface area (Å²) in [6.07, 6.45) is 3.14. The Morgan fingerprint density at radius 3 is 2.47 bits per heavy atom. The summed E-state index contributed by atoms with van der Waals surface area (Å²) in [5, 5.41) is 3.99. The Hall–Kier alpha value is -3.37. The SMILES string of the molecule is CCc1ccccc1N(CC(=O)N/N=C\c1cc(Br)c(OCc2ccccc2)c(OC)c1)S(C)(=O)=O. The van der Waals surface area contributed by atoms with Crippen molar-refractivity contribution < 1.29 is 22.7 Å². The summed E-state index contributed by atoms with van der Waals surface area (Å²) in [7, 11) is -2.15. The maximum absolute atomic E-state index is 12.5. The Balaban J connectivity index is 1.69. The minimum Gasteiger partial charge on any atom is -0.493 e. The molecule has 0 unspecified atom stereocenters. The predicted octanol–water partition coefficient (Wildman–Crippen LogP) is 4.52. The molecule has 0 fully saturated rings. The molecule has 10 heteroatoms. The first kappa shape index (κ1) is 27.2. The molecule has 1 N–H and O–H groups in total. The molecule has 1 amide bonds. The first-order chi connectivity index (χ1) is 17.2. The van der Waals surface area contributed by atoms with Gasteiger partial charge in [0, 0.05) is 0 Å².